The summed E-state index contributed by atoms with van der Waals surface area (Å²) in [6.07, 6.45) is 0.751. The Labute approximate surface area is 125 Å². The molecule has 21 heavy (non-hydrogen) atoms. The van der Waals surface area contributed by atoms with Gasteiger partial charge in [0.2, 0.25) is 0 Å². The summed E-state index contributed by atoms with van der Waals surface area (Å²) in [4.78, 5) is 0. The van der Waals surface area contributed by atoms with Crippen LogP contribution in [0.15, 0.2) is 18.2 Å². The van der Waals surface area contributed by atoms with Gasteiger partial charge in [-0.05, 0) is 43.5 Å². The highest BCUT2D eigenvalue weighted by Crippen LogP contribution is 2.30. The fourth-order valence-electron chi connectivity index (χ4n) is 2.53. The normalized spacial score (nSPS) is 12.3. The number of rotatable bonds is 5. The van der Waals surface area contributed by atoms with Crippen molar-refractivity contribution >= 4 is 0 Å². The van der Waals surface area contributed by atoms with E-state index in [1.807, 2.05) is 36.9 Å². The average molecular weight is 289 g/mol. The minimum absolute atomic E-state index is 0.105. The van der Waals surface area contributed by atoms with Crippen molar-refractivity contribution in [2.45, 2.75) is 26.3 Å². The predicted octanol–water partition coefficient (Wildman–Crippen LogP) is 2.30. The Balaban J connectivity index is 2.26. The van der Waals surface area contributed by atoms with Gasteiger partial charge in [-0.15, -0.1) is 0 Å². The van der Waals surface area contributed by atoms with E-state index in [-0.39, 0.29) is 6.04 Å². The van der Waals surface area contributed by atoms with E-state index in [1.54, 1.807) is 14.2 Å². The molecule has 0 fully saturated rings. The Morgan fingerprint density at radius 3 is 2.38 bits per heavy atom. The number of nitrogens with two attached hydrogens (primary N) is 1. The van der Waals surface area contributed by atoms with Crippen molar-refractivity contribution in [1.29, 1.82) is 0 Å². The lowest BCUT2D eigenvalue weighted by molar-refractivity contribution is 0.354. The van der Waals surface area contributed by atoms with Crippen molar-refractivity contribution in [2.24, 2.45) is 12.8 Å². The van der Waals surface area contributed by atoms with E-state index in [1.165, 1.54) is 5.56 Å². The van der Waals surface area contributed by atoms with Crippen LogP contribution in [0.3, 0.4) is 0 Å². The Bertz CT molecular complexity index is 635. The monoisotopic (exact) mass is 289 g/mol. The number of methoxy groups -OCH3 is 2. The smallest absolute Gasteiger partial charge is 0.161 e. The van der Waals surface area contributed by atoms with Gasteiger partial charge in [0.05, 0.1) is 19.9 Å². The fraction of sp³-hybridized carbons (Fsp3) is 0.438. The highest BCUT2D eigenvalue weighted by Gasteiger charge is 2.16. The first-order valence-electron chi connectivity index (χ1n) is 6.94. The third-order valence-electron chi connectivity index (χ3n) is 3.92. The summed E-state index contributed by atoms with van der Waals surface area (Å²) in [5, 5.41) is 4.43. The van der Waals surface area contributed by atoms with E-state index in [2.05, 4.69) is 12.0 Å². The van der Waals surface area contributed by atoms with Gasteiger partial charge in [0.15, 0.2) is 11.5 Å². The predicted molar refractivity (Wildman–Crippen MR) is 82.9 cm³/mol. The second kappa shape index (κ2) is 6.18. The van der Waals surface area contributed by atoms with Gasteiger partial charge in [0.1, 0.15) is 0 Å². The summed E-state index contributed by atoms with van der Waals surface area (Å²) in [6.45, 7) is 4.08. The summed E-state index contributed by atoms with van der Waals surface area (Å²) >= 11 is 0. The van der Waals surface area contributed by atoms with Crippen LogP contribution in [0.25, 0.3) is 0 Å². The Hall–Kier alpha value is -2.01. The van der Waals surface area contributed by atoms with Crippen LogP contribution in [-0.4, -0.2) is 24.0 Å². The van der Waals surface area contributed by atoms with Crippen molar-refractivity contribution < 1.29 is 9.47 Å². The molecule has 0 bridgehead atoms. The fourth-order valence-corrected chi connectivity index (χ4v) is 2.53. The summed E-state index contributed by atoms with van der Waals surface area (Å²) in [5.41, 5.74) is 10.8. The number of nitrogens with zero attached hydrogens (tertiary/aromatic N) is 2. The van der Waals surface area contributed by atoms with Crippen molar-refractivity contribution in [3.05, 3.63) is 40.7 Å². The van der Waals surface area contributed by atoms with E-state index in [9.17, 15) is 0 Å². The van der Waals surface area contributed by atoms with E-state index in [0.29, 0.717) is 11.5 Å². The SMILES string of the molecule is COc1ccc(C(N)Cc2c(C)nn(C)c2C)cc1OC. The van der Waals surface area contributed by atoms with Crippen LogP contribution in [0.2, 0.25) is 0 Å². The van der Waals surface area contributed by atoms with E-state index in [0.717, 1.165) is 23.4 Å². The molecular weight excluding hydrogens is 266 g/mol. The molecule has 0 aliphatic carbocycles. The van der Waals surface area contributed by atoms with E-state index >= 15 is 0 Å². The molecule has 1 aromatic carbocycles. The van der Waals surface area contributed by atoms with Crippen molar-refractivity contribution in [2.75, 3.05) is 14.2 Å². The maximum atomic E-state index is 6.36. The van der Waals surface area contributed by atoms with Crippen LogP contribution in [-0.2, 0) is 13.5 Å². The van der Waals surface area contributed by atoms with Gasteiger partial charge in [0, 0.05) is 18.8 Å². The molecule has 0 spiro atoms. The number of ether oxygens (including phenoxy) is 2. The molecule has 0 amide bonds. The van der Waals surface area contributed by atoms with Gasteiger partial charge in [-0.25, -0.2) is 0 Å². The molecule has 1 atom stereocenters. The molecule has 1 unspecified atom stereocenters. The zero-order chi connectivity index (χ0) is 15.6. The number of aromatic nitrogens is 2. The van der Waals surface area contributed by atoms with Gasteiger partial charge < -0.3 is 15.2 Å². The zero-order valence-electron chi connectivity index (χ0n) is 13.3. The van der Waals surface area contributed by atoms with Gasteiger partial charge in [0.25, 0.3) is 0 Å². The number of hydrogen-bond donors (Lipinski definition) is 1. The van der Waals surface area contributed by atoms with Gasteiger partial charge in [-0.3, -0.25) is 4.68 Å². The topological polar surface area (TPSA) is 62.3 Å². The average Bonchev–Trinajstić information content (AvgIpc) is 2.72. The first-order chi connectivity index (χ1) is 9.97. The maximum absolute atomic E-state index is 6.36. The van der Waals surface area contributed by atoms with Crippen molar-refractivity contribution in [3.8, 4) is 11.5 Å². The second-order valence-corrected chi connectivity index (χ2v) is 5.20. The van der Waals surface area contributed by atoms with Crippen LogP contribution < -0.4 is 15.2 Å². The molecule has 5 nitrogen and oxygen atoms in total. The standard InChI is InChI=1S/C16H23N3O2/c1-10-13(11(2)19(3)18-10)9-14(17)12-6-7-15(20-4)16(8-12)21-5/h6-8,14H,9,17H2,1-5H3. The summed E-state index contributed by atoms with van der Waals surface area (Å²) in [5.74, 6) is 1.41. The Kier molecular flexibility index (Phi) is 4.53. The van der Waals surface area contributed by atoms with Crippen LogP contribution in [0.4, 0.5) is 0 Å². The van der Waals surface area contributed by atoms with E-state index < -0.39 is 0 Å². The molecule has 1 heterocycles. The quantitative estimate of drug-likeness (QED) is 0.917. The summed E-state index contributed by atoms with van der Waals surface area (Å²) in [6, 6.07) is 5.69. The molecule has 0 saturated carbocycles. The summed E-state index contributed by atoms with van der Waals surface area (Å²) in [7, 11) is 5.20. The van der Waals surface area contributed by atoms with Gasteiger partial charge in [-0.2, -0.15) is 5.10 Å². The molecular formula is C16H23N3O2. The van der Waals surface area contributed by atoms with Gasteiger partial charge >= 0.3 is 0 Å². The molecule has 2 N–H and O–H groups in total. The molecule has 0 saturated heterocycles. The Morgan fingerprint density at radius 2 is 1.86 bits per heavy atom. The van der Waals surface area contributed by atoms with Crippen molar-refractivity contribution in [3.63, 3.8) is 0 Å². The first-order valence-corrected chi connectivity index (χ1v) is 6.94. The third-order valence-corrected chi connectivity index (χ3v) is 3.92. The van der Waals surface area contributed by atoms with Crippen LogP contribution >= 0.6 is 0 Å². The number of benzene rings is 1. The van der Waals surface area contributed by atoms with Gasteiger partial charge in [-0.1, -0.05) is 6.07 Å². The van der Waals surface area contributed by atoms with Crippen molar-refractivity contribution in [1.82, 2.24) is 9.78 Å². The molecule has 1 aromatic heterocycles. The first kappa shape index (κ1) is 15.4. The van der Waals surface area contributed by atoms with Crippen LogP contribution in [0.1, 0.15) is 28.6 Å². The third kappa shape index (κ3) is 3.03. The Morgan fingerprint density at radius 1 is 1.19 bits per heavy atom. The maximum Gasteiger partial charge on any atom is 0.161 e. The highest BCUT2D eigenvalue weighted by molar-refractivity contribution is 5.44. The number of hydrogen-bond acceptors (Lipinski definition) is 4. The molecule has 114 valence electrons. The molecule has 2 rings (SSSR count). The van der Waals surface area contributed by atoms with E-state index in [4.69, 9.17) is 15.2 Å². The molecule has 5 heteroatoms. The van der Waals surface area contributed by atoms with Crippen LogP contribution in [0.5, 0.6) is 11.5 Å². The molecule has 0 aliphatic heterocycles. The molecule has 0 aliphatic rings. The minimum Gasteiger partial charge on any atom is -0.493 e. The second-order valence-electron chi connectivity index (χ2n) is 5.20. The lowest BCUT2D eigenvalue weighted by Gasteiger charge is -2.15. The van der Waals surface area contributed by atoms with Crippen LogP contribution in [0, 0.1) is 13.8 Å². The highest BCUT2D eigenvalue weighted by atomic mass is 16.5. The molecule has 2 aromatic rings. The summed E-state index contributed by atoms with van der Waals surface area (Å²) < 4.78 is 12.5. The lowest BCUT2D eigenvalue weighted by Crippen LogP contribution is -2.14. The number of aryl methyl sites for hydroxylation is 2. The molecule has 0 radical (unpaired) electrons. The zero-order valence-corrected chi connectivity index (χ0v) is 13.3. The lowest BCUT2D eigenvalue weighted by atomic mass is 9.98. The minimum atomic E-state index is -0.105. The largest absolute Gasteiger partial charge is 0.493 e.